The van der Waals surface area contributed by atoms with Gasteiger partial charge >= 0.3 is 5.97 Å². The van der Waals surface area contributed by atoms with Gasteiger partial charge in [-0.25, -0.2) is 14.1 Å². The number of aromatic nitrogens is 3. The summed E-state index contributed by atoms with van der Waals surface area (Å²) < 4.78 is 12.4. The molecule has 168 valence electrons. The first kappa shape index (κ1) is 22.0. The van der Waals surface area contributed by atoms with Crippen molar-refractivity contribution in [3.8, 4) is 0 Å². The second-order valence-electron chi connectivity index (χ2n) is 7.07. The Labute approximate surface area is 188 Å². The van der Waals surface area contributed by atoms with Gasteiger partial charge in [0.2, 0.25) is 24.0 Å². The third-order valence-corrected chi connectivity index (χ3v) is 5.89. The lowest BCUT2D eigenvalue weighted by Gasteiger charge is -2.17. The Kier molecular flexibility index (Phi) is 5.73. The first-order valence-corrected chi connectivity index (χ1v) is 10.1. The fourth-order valence-corrected chi connectivity index (χ4v) is 4.36. The Hall–Kier alpha value is -3.26. The van der Waals surface area contributed by atoms with Gasteiger partial charge in [0.05, 0.1) is 5.56 Å². The van der Waals surface area contributed by atoms with E-state index in [0.717, 1.165) is 10.9 Å². The first-order valence-electron chi connectivity index (χ1n) is 9.33. The largest absolute Gasteiger partial charge is 0.740 e. The minimum Gasteiger partial charge on any atom is -0.740 e. The van der Waals surface area contributed by atoms with E-state index >= 15 is 0 Å². The second kappa shape index (κ2) is 8.35. The van der Waals surface area contributed by atoms with E-state index in [4.69, 9.17) is 20.9 Å². The zero-order valence-electron chi connectivity index (χ0n) is 16.3. The number of rotatable bonds is 5. The van der Waals surface area contributed by atoms with Crippen LogP contribution in [0.3, 0.4) is 0 Å². The van der Waals surface area contributed by atoms with Crippen LogP contribution in [0.25, 0.3) is 11.0 Å². The molecule has 1 aromatic carbocycles. The molecule has 13 heteroatoms. The highest BCUT2D eigenvalue weighted by molar-refractivity contribution is 9.10. The second-order valence-corrected chi connectivity index (χ2v) is 7.82. The van der Waals surface area contributed by atoms with Crippen LogP contribution in [0.5, 0.6) is 0 Å². The Bertz CT molecular complexity index is 1200. The van der Waals surface area contributed by atoms with Crippen molar-refractivity contribution in [3.05, 3.63) is 57.6 Å². The predicted octanol–water partition coefficient (Wildman–Crippen LogP) is -0.411. The lowest BCUT2D eigenvalue weighted by Crippen LogP contribution is -2.35. The Morgan fingerprint density at radius 2 is 1.97 bits per heavy atom. The van der Waals surface area contributed by atoms with Crippen molar-refractivity contribution < 1.29 is 34.0 Å². The third kappa shape index (κ3) is 3.54. The van der Waals surface area contributed by atoms with E-state index in [0.29, 0.717) is 10.3 Å². The number of fused-ring (bicyclic) bond motifs is 1. The number of nitrogens with two attached hydrogens (primary N) is 2. The van der Waals surface area contributed by atoms with E-state index in [1.165, 1.54) is 0 Å². The number of nitrogen functional groups attached to an aromatic ring is 1. The van der Waals surface area contributed by atoms with Crippen LogP contribution in [-0.2, 0) is 9.47 Å². The van der Waals surface area contributed by atoms with Crippen LogP contribution in [0, 0.1) is 5.21 Å². The summed E-state index contributed by atoms with van der Waals surface area (Å²) in [6.07, 6.45) is -4.59. The summed E-state index contributed by atoms with van der Waals surface area (Å²) in [5.41, 5.74) is 11.3. The molecule has 0 aliphatic carbocycles. The highest BCUT2D eigenvalue weighted by atomic mass is 79.9. The van der Waals surface area contributed by atoms with E-state index in [2.05, 4.69) is 20.9 Å². The van der Waals surface area contributed by atoms with Crippen LogP contribution in [0.2, 0.25) is 0 Å². The van der Waals surface area contributed by atoms with E-state index in [-0.39, 0.29) is 33.6 Å². The van der Waals surface area contributed by atoms with Crippen LogP contribution in [0.1, 0.15) is 26.9 Å². The number of amides is 1. The van der Waals surface area contributed by atoms with Gasteiger partial charge in [0.1, 0.15) is 35.9 Å². The van der Waals surface area contributed by atoms with Gasteiger partial charge in [0.15, 0.2) is 4.60 Å². The molecule has 6 N–H and O–H groups in total. The topological polar surface area (TPSA) is 190 Å². The van der Waals surface area contributed by atoms with Gasteiger partial charge in [-0.1, -0.05) is 23.2 Å². The summed E-state index contributed by atoms with van der Waals surface area (Å²) in [4.78, 5) is 27.9. The molecule has 1 amide bonds. The Morgan fingerprint density at radius 1 is 1.28 bits per heavy atom. The highest BCUT2D eigenvalue weighted by Crippen LogP contribution is 2.39. The minimum atomic E-state index is -1.54. The number of ether oxygens (including phenoxy) is 2. The Balaban J connectivity index is 1.66. The SMILES string of the molecule is NC(=O)c1c(Br)n([C@H]2O[C@@H](COC(=O)c3ccccc3)[C@H](O)[C@@H]2O)c2c1c(N)nc[n+]2[O-]. The zero-order valence-corrected chi connectivity index (χ0v) is 17.9. The average molecular weight is 508 g/mol. The molecular formula is C19H18BrN5O7. The van der Waals surface area contributed by atoms with Crippen molar-refractivity contribution in [2.45, 2.75) is 24.5 Å². The molecule has 32 heavy (non-hydrogen) atoms. The molecule has 1 fully saturated rings. The molecule has 3 heterocycles. The molecule has 4 atom stereocenters. The molecule has 2 aromatic heterocycles. The summed E-state index contributed by atoms with van der Waals surface area (Å²) in [7, 11) is 0. The average Bonchev–Trinajstić information content (AvgIpc) is 3.24. The maximum absolute atomic E-state index is 12.5. The van der Waals surface area contributed by atoms with Gasteiger partial charge in [0, 0.05) is 0 Å². The number of carbonyl (C=O) groups is 2. The number of hydrogen-bond donors (Lipinski definition) is 4. The summed E-state index contributed by atoms with van der Waals surface area (Å²) in [5, 5.41) is 33.5. The normalized spacial score (nSPS) is 22.8. The number of aliphatic hydroxyl groups is 2. The number of primary amides is 1. The standard InChI is InChI=1S/C19H18BrN5O7/c20-14-10(16(22)28)11-15(21)23-7-24(30)17(11)25(14)18-13(27)12(26)9(32-18)6-31-19(29)8-4-2-1-3-5-8/h1-5,7,9,12-13,18,26-27H,6H2,(H2,21,23)(H2,22,28)/t9-,12-,13-,18-/m0/s1. The van der Waals surface area contributed by atoms with E-state index < -0.39 is 36.4 Å². The van der Waals surface area contributed by atoms with Crippen LogP contribution >= 0.6 is 15.9 Å². The minimum absolute atomic E-state index is 0.00230. The summed E-state index contributed by atoms with van der Waals surface area (Å²) >= 11 is 3.20. The van der Waals surface area contributed by atoms with Gasteiger partial charge < -0.3 is 36.4 Å². The van der Waals surface area contributed by atoms with Crippen molar-refractivity contribution in [1.29, 1.82) is 0 Å². The van der Waals surface area contributed by atoms with Crippen LogP contribution in [0.4, 0.5) is 5.82 Å². The van der Waals surface area contributed by atoms with E-state index in [9.17, 15) is 25.0 Å². The summed E-state index contributed by atoms with van der Waals surface area (Å²) in [5.74, 6) is -1.68. The fourth-order valence-electron chi connectivity index (χ4n) is 3.59. The zero-order chi connectivity index (χ0) is 23.2. The van der Waals surface area contributed by atoms with Crippen LogP contribution in [-0.4, -0.2) is 56.6 Å². The van der Waals surface area contributed by atoms with Crippen molar-refractivity contribution >= 4 is 44.7 Å². The number of nitrogens with zero attached hydrogens (tertiary/aromatic N) is 3. The van der Waals surface area contributed by atoms with E-state index in [1.807, 2.05) is 0 Å². The van der Waals surface area contributed by atoms with Crippen molar-refractivity contribution in [1.82, 2.24) is 9.55 Å². The monoisotopic (exact) mass is 507 g/mol. The molecule has 12 nitrogen and oxygen atoms in total. The van der Waals surface area contributed by atoms with Crippen molar-refractivity contribution in [2.75, 3.05) is 12.3 Å². The van der Waals surface area contributed by atoms with Crippen molar-refractivity contribution in [2.24, 2.45) is 5.73 Å². The maximum Gasteiger partial charge on any atom is 0.338 e. The molecule has 0 bridgehead atoms. The smallest absolute Gasteiger partial charge is 0.338 e. The third-order valence-electron chi connectivity index (χ3n) is 5.11. The molecule has 0 saturated carbocycles. The molecule has 3 aromatic rings. The number of halogens is 1. The number of benzene rings is 1. The number of aliphatic hydroxyl groups excluding tert-OH is 2. The lowest BCUT2D eigenvalue weighted by molar-refractivity contribution is -0.584. The predicted molar refractivity (Wildman–Crippen MR) is 112 cm³/mol. The molecule has 1 aliphatic heterocycles. The number of anilines is 1. The quantitative estimate of drug-likeness (QED) is 0.202. The fraction of sp³-hybridized carbons (Fsp3) is 0.263. The molecule has 0 radical (unpaired) electrons. The molecule has 1 saturated heterocycles. The molecule has 0 spiro atoms. The van der Waals surface area contributed by atoms with Crippen LogP contribution < -0.4 is 16.2 Å². The molecule has 0 unspecified atom stereocenters. The lowest BCUT2D eigenvalue weighted by atomic mass is 10.1. The van der Waals surface area contributed by atoms with Gasteiger partial charge in [-0.2, -0.15) is 0 Å². The van der Waals surface area contributed by atoms with Gasteiger partial charge in [0.25, 0.3) is 5.91 Å². The maximum atomic E-state index is 12.5. The summed E-state index contributed by atoms with van der Waals surface area (Å²) in [6.45, 7) is -0.372. The Morgan fingerprint density at radius 3 is 2.62 bits per heavy atom. The number of carbonyl (C=O) groups excluding carboxylic acids is 2. The van der Waals surface area contributed by atoms with Crippen LogP contribution in [0.15, 0.2) is 41.3 Å². The van der Waals surface area contributed by atoms with Gasteiger partial charge in [-0.15, -0.1) is 0 Å². The number of esters is 1. The first-order chi connectivity index (χ1) is 15.2. The molecule has 1 aliphatic rings. The van der Waals surface area contributed by atoms with Crippen molar-refractivity contribution in [3.63, 3.8) is 0 Å². The van der Waals surface area contributed by atoms with Gasteiger partial charge in [-0.3, -0.25) is 4.79 Å². The molecule has 4 rings (SSSR count). The number of hydrogen-bond acceptors (Lipinski definition) is 9. The van der Waals surface area contributed by atoms with E-state index in [1.54, 1.807) is 30.3 Å². The summed E-state index contributed by atoms with van der Waals surface area (Å²) in [6, 6.07) is 8.20. The highest BCUT2D eigenvalue weighted by Gasteiger charge is 2.48. The molecular weight excluding hydrogens is 490 g/mol. The van der Waals surface area contributed by atoms with Gasteiger partial charge in [-0.05, 0) is 28.1 Å².